The predicted octanol–water partition coefficient (Wildman–Crippen LogP) is 10.1. The van der Waals surface area contributed by atoms with Crippen LogP contribution < -0.4 is 4.74 Å². The third-order valence-corrected chi connectivity index (χ3v) is 12.2. The molecule has 3 fully saturated rings. The average Bonchev–Trinajstić information content (AvgIpc) is 3.30. The Morgan fingerprint density at radius 2 is 1.80 bits per heavy atom. The van der Waals surface area contributed by atoms with E-state index < -0.39 is 6.16 Å². The Morgan fingerprint density at radius 3 is 2.54 bits per heavy atom. The van der Waals surface area contributed by atoms with Crippen LogP contribution in [0.2, 0.25) is 0 Å². The number of ether oxygens (including phenoxy) is 2. The predicted molar refractivity (Wildman–Crippen MR) is 164 cm³/mol. The Hall–Kier alpha value is -2.28. The molecule has 4 nitrogen and oxygen atoms in total. The molecule has 0 radical (unpaired) electrons. The van der Waals surface area contributed by atoms with Crippen molar-refractivity contribution >= 4 is 6.16 Å². The minimum atomic E-state index is -0.606. The maximum atomic E-state index is 12.6. The first-order valence-electron chi connectivity index (χ1n) is 16.7. The standard InChI is InChI=1S/C37H53NO3/c1-25(2)8-6-9-26(3)32-17-18-33-31-16-13-28-24-30(19-21-36(28,4)34(31)20-22-37(32,33)5)41-35(39)40-29-14-11-27(12-15-29)10-7-23-38/h11-15,25-26,30-34H,6-10,16-22,24H2,1-5H3/t26-,30+,31-,32+,33-,34-,36+,37+/m1/s1. The molecule has 0 aromatic heterocycles. The van der Waals surface area contributed by atoms with Crippen LogP contribution in [0, 0.1) is 57.7 Å². The highest BCUT2D eigenvalue weighted by molar-refractivity contribution is 5.64. The smallest absolute Gasteiger partial charge is 0.430 e. The fraction of sp³-hybridized carbons (Fsp3) is 0.730. The molecule has 0 N–H and O–H groups in total. The molecule has 8 atom stereocenters. The lowest BCUT2D eigenvalue weighted by atomic mass is 9.47. The molecular weight excluding hydrogens is 506 g/mol. The van der Waals surface area contributed by atoms with Crippen LogP contribution in [0.25, 0.3) is 0 Å². The van der Waals surface area contributed by atoms with E-state index in [1.165, 1.54) is 56.9 Å². The van der Waals surface area contributed by atoms with E-state index in [0.29, 0.717) is 24.0 Å². The molecule has 4 heteroatoms. The molecule has 0 heterocycles. The minimum Gasteiger partial charge on any atom is -0.430 e. The van der Waals surface area contributed by atoms with Gasteiger partial charge in [-0.05, 0) is 115 Å². The highest BCUT2D eigenvalue weighted by Gasteiger charge is 2.59. The van der Waals surface area contributed by atoms with Gasteiger partial charge in [0.25, 0.3) is 0 Å². The summed E-state index contributed by atoms with van der Waals surface area (Å²) in [5.41, 5.74) is 3.35. The van der Waals surface area contributed by atoms with Gasteiger partial charge in [-0.15, -0.1) is 0 Å². The van der Waals surface area contributed by atoms with E-state index in [0.717, 1.165) is 60.3 Å². The number of hydrogen-bond acceptors (Lipinski definition) is 4. The number of aryl methyl sites for hydroxylation is 1. The van der Waals surface area contributed by atoms with Gasteiger partial charge in [-0.1, -0.05) is 77.7 Å². The summed E-state index contributed by atoms with van der Waals surface area (Å²) in [6.45, 7) is 12.5. The second kappa shape index (κ2) is 12.5. The van der Waals surface area contributed by atoms with E-state index in [4.69, 9.17) is 14.7 Å². The molecule has 224 valence electrons. The summed E-state index contributed by atoms with van der Waals surface area (Å²) in [6.07, 6.45) is 16.9. The molecule has 1 aromatic rings. The number of hydrogen-bond donors (Lipinski definition) is 0. The highest BCUT2D eigenvalue weighted by Crippen LogP contribution is 2.67. The van der Waals surface area contributed by atoms with Gasteiger partial charge >= 0.3 is 6.16 Å². The van der Waals surface area contributed by atoms with Crippen molar-refractivity contribution in [2.24, 2.45) is 46.3 Å². The van der Waals surface area contributed by atoms with Crippen molar-refractivity contribution in [3.05, 3.63) is 41.5 Å². The minimum absolute atomic E-state index is 0.107. The van der Waals surface area contributed by atoms with Crippen molar-refractivity contribution in [1.29, 1.82) is 5.26 Å². The van der Waals surface area contributed by atoms with E-state index in [2.05, 4.69) is 46.8 Å². The number of benzene rings is 1. The average molecular weight is 560 g/mol. The lowest BCUT2D eigenvalue weighted by Gasteiger charge is -2.58. The molecule has 41 heavy (non-hydrogen) atoms. The van der Waals surface area contributed by atoms with Crippen molar-refractivity contribution in [3.8, 4) is 11.8 Å². The lowest BCUT2D eigenvalue weighted by molar-refractivity contribution is -0.0597. The Kier molecular flexibility index (Phi) is 9.22. The van der Waals surface area contributed by atoms with Crippen LogP contribution in [0.3, 0.4) is 0 Å². The van der Waals surface area contributed by atoms with E-state index in [1.54, 1.807) is 12.1 Å². The zero-order valence-electron chi connectivity index (χ0n) is 26.3. The topological polar surface area (TPSA) is 59.3 Å². The van der Waals surface area contributed by atoms with Gasteiger partial charge in [0.1, 0.15) is 11.9 Å². The molecule has 0 bridgehead atoms. The summed E-state index contributed by atoms with van der Waals surface area (Å²) in [7, 11) is 0. The second-order valence-corrected chi connectivity index (χ2v) is 14.9. The third-order valence-electron chi connectivity index (χ3n) is 12.2. The normalized spacial score (nSPS) is 35.0. The Bertz CT molecular complexity index is 1130. The van der Waals surface area contributed by atoms with Crippen LogP contribution in [-0.2, 0) is 11.2 Å². The maximum Gasteiger partial charge on any atom is 0.514 e. The largest absolute Gasteiger partial charge is 0.514 e. The van der Waals surface area contributed by atoms with Gasteiger partial charge < -0.3 is 9.47 Å². The number of nitriles is 1. The van der Waals surface area contributed by atoms with Gasteiger partial charge in [0, 0.05) is 12.8 Å². The van der Waals surface area contributed by atoms with Gasteiger partial charge in [-0.2, -0.15) is 5.26 Å². The first-order valence-corrected chi connectivity index (χ1v) is 16.7. The van der Waals surface area contributed by atoms with Crippen LogP contribution in [0.4, 0.5) is 4.79 Å². The summed E-state index contributed by atoms with van der Waals surface area (Å²) in [6, 6.07) is 9.55. The van der Waals surface area contributed by atoms with Crippen LogP contribution in [0.1, 0.15) is 117 Å². The number of allylic oxidation sites excluding steroid dienone is 1. The summed E-state index contributed by atoms with van der Waals surface area (Å²) in [5.74, 6) is 5.49. The number of carbonyl (C=O) groups is 1. The third kappa shape index (κ3) is 6.25. The van der Waals surface area contributed by atoms with Gasteiger partial charge in [-0.3, -0.25) is 0 Å². The van der Waals surface area contributed by atoms with E-state index in [1.807, 2.05) is 12.1 Å². The fourth-order valence-corrected chi connectivity index (χ4v) is 9.93. The van der Waals surface area contributed by atoms with Crippen molar-refractivity contribution in [3.63, 3.8) is 0 Å². The zero-order chi connectivity index (χ0) is 29.2. The molecule has 0 spiro atoms. The number of nitrogens with zero attached hydrogens (tertiary/aromatic N) is 1. The second-order valence-electron chi connectivity index (χ2n) is 14.9. The van der Waals surface area contributed by atoms with E-state index >= 15 is 0 Å². The van der Waals surface area contributed by atoms with Gasteiger partial charge in [-0.25, -0.2) is 4.79 Å². The lowest BCUT2D eigenvalue weighted by Crippen LogP contribution is -2.51. The summed E-state index contributed by atoms with van der Waals surface area (Å²) < 4.78 is 11.3. The quantitative estimate of drug-likeness (QED) is 0.172. The molecule has 5 rings (SSSR count). The molecule has 3 saturated carbocycles. The van der Waals surface area contributed by atoms with Crippen molar-refractivity contribution < 1.29 is 14.3 Å². The van der Waals surface area contributed by atoms with Gasteiger partial charge in [0.15, 0.2) is 0 Å². The molecule has 0 saturated heterocycles. The molecule has 1 aromatic carbocycles. The molecule has 4 aliphatic carbocycles. The molecule has 0 unspecified atom stereocenters. The van der Waals surface area contributed by atoms with Gasteiger partial charge in [0.2, 0.25) is 0 Å². The first kappa shape index (κ1) is 30.2. The number of fused-ring (bicyclic) bond motifs is 5. The molecule has 4 aliphatic rings. The summed E-state index contributed by atoms with van der Waals surface area (Å²) >= 11 is 0. The van der Waals surface area contributed by atoms with Crippen molar-refractivity contribution in [2.45, 2.75) is 124 Å². The molecule has 0 amide bonds. The molecule has 0 aliphatic heterocycles. The zero-order valence-corrected chi connectivity index (χ0v) is 26.3. The highest BCUT2D eigenvalue weighted by atomic mass is 16.7. The Morgan fingerprint density at radius 1 is 1.02 bits per heavy atom. The van der Waals surface area contributed by atoms with Crippen molar-refractivity contribution in [2.75, 3.05) is 0 Å². The number of rotatable bonds is 9. The summed E-state index contributed by atoms with van der Waals surface area (Å²) in [4.78, 5) is 12.6. The fourth-order valence-electron chi connectivity index (χ4n) is 9.93. The molecular formula is C37H53NO3. The van der Waals surface area contributed by atoms with Crippen LogP contribution in [-0.4, -0.2) is 12.3 Å². The summed E-state index contributed by atoms with van der Waals surface area (Å²) in [5, 5.41) is 8.77. The SMILES string of the molecule is CC(C)CCC[C@@H](C)[C@@H]1CC[C@@H]2[C@H]3CC=C4C[C@@H](OC(=O)Oc5ccc(CCC#N)cc5)CC[C@]4(C)[C@@H]3CC[C@]21C. The Labute approximate surface area is 249 Å². The number of carbonyl (C=O) groups excluding carboxylic acids is 1. The van der Waals surface area contributed by atoms with Crippen LogP contribution in [0.5, 0.6) is 5.75 Å². The van der Waals surface area contributed by atoms with Crippen molar-refractivity contribution in [1.82, 2.24) is 0 Å². The van der Waals surface area contributed by atoms with Gasteiger partial charge in [0.05, 0.1) is 6.07 Å². The van der Waals surface area contributed by atoms with Crippen LogP contribution >= 0.6 is 0 Å². The van der Waals surface area contributed by atoms with E-state index in [9.17, 15) is 4.79 Å². The first-order chi connectivity index (χ1) is 19.6. The monoisotopic (exact) mass is 559 g/mol. The Balaban J connectivity index is 1.18. The van der Waals surface area contributed by atoms with E-state index in [-0.39, 0.29) is 11.5 Å². The maximum absolute atomic E-state index is 12.6. The van der Waals surface area contributed by atoms with Crippen LogP contribution in [0.15, 0.2) is 35.9 Å².